The number of alkyl halides is 3. The quantitative estimate of drug-likeness (QED) is 0.419. The number of benzene rings is 1. The minimum atomic E-state index is -4.41. The van der Waals surface area contributed by atoms with Crippen LogP contribution in [0.15, 0.2) is 29.3 Å². The normalized spacial score (nSPS) is 12.0. The molecule has 0 aliphatic heterocycles. The summed E-state index contributed by atoms with van der Waals surface area (Å²) in [5.41, 5.74) is 2.16. The lowest BCUT2D eigenvalue weighted by molar-refractivity contribution is -0.157. The molecule has 146 valence electrons. The highest BCUT2D eigenvalue weighted by Gasteiger charge is 2.31. The molecule has 2 N–H and O–H groups in total. The summed E-state index contributed by atoms with van der Waals surface area (Å²) >= 11 is 0. The van der Waals surface area contributed by atoms with Crippen LogP contribution in [0.1, 0.15) is 30.9 Å². The molecular weight excluding hydrogens is 345 g/mol. The van der Waals surface area contributed by atoms with Gasteiger partial charge in [-0.2, -0.15) is 13.2 Å². The first-order valence-corrected chi connectivity index (χ1v) is 8.59. The van der Waals surface area contributed by atoms with Crippen LogP contribution in [0, 0.1) is 6.92 Å². The number of carbonyl (C=O) groups is 1. The van der Waals surface area contributed by atoms with Crippen LogP contribution < -0.4 is 10.6 Å². The number of amides is 1. The van der Waals surface area contributed by atoms with Crippen molar-refractivity contribution < 1.29 is 18.0 Å². The molecule has 0 fully saturated rings. The van der Waals surface area contributed by atoms with E-state index in [-0.39, 0.29) is 6.54 Å². The van der Waals surface area contributed by atoms with Crippen LogP contribution in [0.2, 0.25) is 0 Å². The zero-order valence-corrected chi connectivity index (χ0v) is 15.5. The van der Waals surface area contributed by atoms with Gasteiger partial charge in [-0.15, -0.1) is 0 Å². The third-order valence-corrected chi connectivity index (χ3v) is 3.61. The second kappa shape index (κ2) is 10.7. The van der Waals surface area contributed by atoms with Crippen molar-refractivity contribution in [3.8, 4) is 0 Å². The van der Waals surface area contributed by atoms with E-state index in [4.69, 9.17) is 0 Å². The lowest BCUT2D eigenvalue weighted by Gasteiger charge is -2.20. The maximum Gasteiger partial charge on any atom is 0.406 e. The van der Waals surface area contributed by atoms with Crippen LogP contribution in [-0.2, 0) is 11.3 Å². The van der Waals surface area contributed by atoms with Crippen molar-refractivity contribution in [1.29, 1.82) is 0 Å². The molecule has 0 aromatic heterocycles. The molecule has 26 heavy (non-hydrogen) atoms. The minimum Gasteiger partial charge on any atom is -0.356 e. The Morgan fingerprint density at radius 3 is 2.42 bits per heavy atom. The largest absolute Gasteiger partial charge is 0.406 e. The number of aryl methyl sites for hydroxylation is 1. The second-order valence-electron chi connectivity index (χ2n) is 6.15. The minimum absolute atomic E-state index is 0.252. The molecule has 1 aromatic carbocycles. The van der Waals surface area contributed by atoms with Gasteiger partial charge in [0.15, 0.2) is 5.96 Å². The van der Waals surface area contributed by atoms with E-state index in [9.17, 15) is 18.0 Å². The number of nitrogens with zero attached hydrogens (tertiary/aromatic N) is 2. The van der Waals surface area contributed by atoms with Gasteiger partial charge in [0.25, 0.3) is 0 Å². The molecule has 5 nitrogen and oxygen atoms in total. The number of rotatable bonds is 8. The summed E-state index contributed by atoms with van der Waals surface area (Å²) in [5, 5.41) is 5.90. The summed E-state index contributed by atoms with van der Waals surface area (Å²) in [6.07, 6.45) is -2.50. The van der Waals surface area contributed by atoms with Crippen LogP contribution in [0.4, 0.5) is 13.2 Å². The highest BCUT2D eigenvalue weighted by Crippen LogP contribution is 2.15. The summed E-state index contributed by atoms with van der Waals surface area (Å²) in [6, 6.07) is 7.89. The van der Waals surface area contributed by atoms with Crippen molar-refractivity contribution in [2.45, 2.75) is 39.4 Å². The summed E-state index contributed by atoms with van der Waals surface area (Å²) < 4.78 is 37.1. The highest BCUT2D eigenvalue weighted by atomic mass is 19.4. The van der Waals surface area contributed by atoms with Gasteiger partial charge in [-0.1, -0.05) is 43.2 Å². The summed E-state index contributed by atoms with van der Waals surface area (Å²) in [6.45, 7) is 3.60. The van der Waals surface area contributed by atoms with Gasteiger partial charge in [-0.3, -0.25) is 4.79 Å². The molecule has 0 atom stereocenters. The molecule has 0 unspecified atom stereocenters. The molecule has 1 amide bonds. The summed E-state index contributed by atoms with van der Waals surface area (Å²) in [7, 11) is 1.13. The molecule has 1 rings (SSSR count). The summed E-state index contributed by atoms with van der Waals surface area (Å²) in [4.78, 5) is 16.9. The molecule has 1 aromatic rings. The van der Waals surface area contributed by atoms with Gasteiger partial charge in [0.2, 0.25) is 5.91 Å². The fourth-order valence-corrected chi connectivity index (χ4v) is 2.07. The lowest BCUT2D eigenvalue weighted by atomic mass is 10.1. The first-order valence-electron chi connectivity index (χ1n) is 8.59. The third kappa shape index (κ3) is 9.29. The monoisotopic (exact) mass is 372 g/mol. The average Bonchev–Trinajstić information content (AvgIpc) is 2.56. The van der Waals surface area contributed by atoms with E-state index in [0.717, 1.165) is 31.0 Å². The maximum absolute atomic E-state index is 12.4. The molecule has 0 aliphatic carbocycles. The van der Waals surface area contributed by atoms with Gasteiger partial charge in [0, 0.05) is 13.6 Å². The van der Waals surface area contributed by atoms with Gasteiger partial charge < -0.3 is 15.5 Å². The number of carbonyl (C=O) groups excluding carboxylic acids is 1. The van der Waals surface area contributed by atoms with Gasteiger partial charge in [0.1, 0.15) is 6.54 Å². The fourth-order valence-electron chi connectivity index (χ4n) is 2.07. The number of guanidine groups is 1. The first-order chi connectivity index (χ1) is 12.2. The van der Waals surface area contributed by atoms with E-state index in [1.165, 1.54) is 0 Å². The van der Waals surface area contributed by atoms with E-state index in [1.807, 2.05) is 38.1 Å². The Hall–Kier alpha value is -2.25. The van der Waals surface area contributed by atoms with Crippen molar-refractivity contribution >= 4 is 11.9 Å². The molecule has 0 heterocycles. The van der Waals surface area contributed by atoms with Gasteiger partial charge >= 0.3 is 6.18 Å². The maximum atomic E-state index is 12.4. The Morgan fingerprint density at radius 1 is 1.19 bits per heavy atom. The molecule has 8 heteroatoms. The van der Waals surface area contributed by atoms with Crippen LogP contribution >= 0.6 is 0 Å². The average molecular weight is 372 g/mol. The van der Waals surface area contributed by atoms with Crippen molar-refractivity contribution in [1.82, 2.24) is 15.5 Å². The van der Waals surface area contributed by atoms with E-state index < -0.39 is 18.6 Å². The predicted molar refractivity (Wildman–Crippen MR) is 96.9 cm³/mol. The highest BCUT2D eigenvalue weighted by molar-refractivity contribution is 5.86. The zero-order valence-electron chi connectivity index (χ0n) is 15.5. The predicted octanol–water partition coefficient (Wildman–Crippen LogP) is 2.85. The van der Waals surface area contributed by atoms with Crippen LogP contribution in [0.3, 0.4) is 0 Å². The standard InChI is InChI=1S/C18H27F3N4O/c1-4-5-10-22-17(23-11-15-8-6-14(2)7-9-15)24-12-16(26)25(3)13-18(19,20)21/h6-9H,4-5,10-13H2,1-3H3,(H2,22,23,24). The molecule has 0 saturated carbocycles. The van der Waals surface area contributed by atoms with Crippen molar-refractivity contribution in [3.63, 3.8) is 0 Å². The van der Waals surface area contributed by atoms with Gasteiger partial charge in [-0.05, 0) is 18.9 Å². The molecule has 0 saturated heterocycles. The molecule has 0 spiro atoms. The van der Waals surface area contributed by atoms with Gasteiger partial charge in [0.05, 0.1) is 13.1 Å². The number of hydrogen-bond acceptors (Lipinski definition) is 2. The number of halogens is 3. The lowest BCUT2D eigenvalue weighted by Crippen LogP contribution is -2.45. The fraction of sp³-hybridized carbons (Fsp3) is 0.556. The summed E-state index contributed by atoms with van der Waals surface area (Å²) in [5.74, 6) is -0.240. The number of hydrogen-bond donors (Lipinski definition) is 2. The Bertz CT molecular complexity index is 585. The molecule has 0 radical (unpaired) electrons. The molecular formula is C18H27F3N4O. The smallest absolute Gasteiger partial charge is 0.356 e. The number of nitrogens with one attached hydrogen (secondary N) is 2. The third-order valence-electron chi connectivity index (χ3n) is 3.61. The van der Waals surface area contributed by atoms with Crippen molar-refractivity contribution in [2.24, 2.45) is 4.99 Å². The second-order valence-corrected chi connectivity index (χ2v) is 6.15. The van der Waals surface area contributed by atoms with Crippen molar-refractivity contribution in [2.75, 3.05) is 26.7 Å². The van der Waals surface area contributed by atoms with Crippen LogP contribution in [0.5, 0.6) is 0 Å². The van der Waals surface area contributed by atoms with E-state index >= 15 is 0 Å². The van der Waals surface area contributed by atoms with Gasteiger partial charge in [-0.25, -0.2) is 4.99 Å². The van der Waals surface area contributed by atoms with Crippen LogP contribution in [-0.4, -0.2) is 49.6 Å². The number of aliphatic imine (C=N–C) groups is 1. The Balaban J connectivity index is 2.62. The number of unbranched alkanes of at least 4 members (excludes halogenated alkanes) is 1. The topological polar surface area (TPSA) is 56.7 Å². The van der Waals surface area contributed by atoms with Crippen LogP contribution in [0.25, 0.3) is 0 Å². The molecule has 0 bridgehead atoms. The van der Waals surface area contributed by atoms with E-state index in [0.29, 0.717) is 23.9 Å². The number of likely N-dealkylation sites (N-methyl/N-ethyl adjacent to an activating group) is 1. The Kier molecular flexibility index (Phi) is 8.95. The molecule has 0 aliphatic rings. The Labute approximate surface area is 152 Å². The zero-order chi connectivity index (χ0) is 19.6. The van der Waals surface area contributed by atoms with Crippen molar-refractivity contribution in [3.05, 3.63) is 35.4 Å². The van der Waals surface area contributed by atoms with E-state index in [1.54, 1.807) is 0 Å². The van der Waals surface area contributed by atoms with E-state index in [2.05, 4.69) is 15.6 Å². The first kappa shape index (κ1) is 21.8. The SMILES string of the molecule is CCCCNC(=NCc1ccc(C)cc1)NCC(=O)N(C)CC(F)(F)F. The Morgan fingerprint density at radius 2 is 1.85 bits per heavy atom.